The van der Waals surface area contributed by atoms with Crippen LogP contribution in [-0.4, -0.2) is 4.98 Å². The van der Waals surface area contributed by atoms with E-state index in [0.717, 1.165) is 11.3 Å². The molecule has 0 spiro atoms. The van der Waals surface area contributed by atoms with Crippen LogP contribution < -0.4 is 5.32 Å². The van der Waals surface area contributed by atoms with E-state index >= 15 is 0 Å². The third-order valence-corrected chi connectivity index (χ3v) is 1.28. The first-order chi connectivity index (χ1) is 4.84. The van der Waals surface area contributed by atoms with Crippen LogP contribution in [0.3, 0.4) is 0 Å². The third-order valence-electron chi connectivity index (χ3n) is 1.28. The molecule has 52 valence electrons. The molecular weight excluding hydrogens is 124 g/mol. The summed E-state index contributed by atoms with van der Waals surface area (Å²) in [4.78, 5) is 3.95. The molecule has 0 fully saturated rings. The van der Waals surface area contributed by atoms with E-state index in [-0.39, 0.29) is 0 Å². The van der Waals surface area contributed by atoms with Crippen molar-refractivity contribution in [2.45, 2.75) is 6.92 Å². The quantitative estimate of drug-likeness (QED) is 0.668. The lowest BCUT2D eigenvalue weighted by molar-refractivity contribution is 1.26. The average Bonchev–Trinajstić information content (AvgIpc) is 1.94. The van der Waals surface area contributed by atoms with Crippen LogP contribution in [0.1, 0.15) is 5.56 Å². The average molecular weight is 134 g/mol. The molecule has 0 radical (unpaired) electrons. The lowest BCUT2D eigenvalue weighted by atomic mass is 10.3. The summed E-state index contributed by atoms with van der Waals surface area (Å²) in [6, 6.07) is 1.91. The Morgan fingerprint density at radius 2 is 2.50 bits per heavy atom. The van der Waals surface area contributed by atoms with Gasteiger partial charge in [-0.25, -0.2) is 0 Å². The van der Waals surface area contributed by atoms with Crippen molar-refractivity contribution in [2.75, 3.05) is 5.32 Å². The lowest BCUT2D eigenvalue weighted by Gasteiger charge is -2.01. The highest BCUT2D eigenvalue weighted by molar-refractivity contribution is 5.50. The second-order valence-corrected chi connectivity index (χ2v) is 2.04. The molecule has 1 N–H and O–H groups in total. The maximum Gasteiger partial charge on any atom is 0.0440 e. The minimum absolute atomic E-state index is 1.06. The standard InChI is InChI=1S/C8H10N2/c1-3-10-8-4-5-9-6-7(8)2/h3-6H,1H2,2H3,(H,9,10). The van der Waals surface area contributed by atoms with Crippen LogP contribution in [0.4, 0.5) is 5.69 Å². The molecule has 0 amide bonds. The number of nitrogens with one attached hydrogen (secondary N) is 1. The zero-order chi connectivity index (χ0) is 7.40. The predicted molar refractivity (Wildman–Crippen MR) is 42.8 cm³/mol. The zero-order valence-corrected chi connectivity index (χ0v) is 5.96. The van der Waals surface area contributed by atoms with Gasteiger partial charge in [0.2, 0.25) is 0 Å². The highest BCUT2D eigenvalue weighted by Gasteiger charge is 1.90. The van der Waals surface area contributed by atoms with E-state index in [9.17, 15) is 0 Å². The fourth-order valence-corrected chi connectivity index (χ4v) is 0.745. The van der Waals surface area contributed by atoms with Gasteiger partial charge in [-0.3, -0.25) is 4.98 Å². The van der Waals surface area contributed by atoms with E-state index < -0.39 is 0 Å². The van der Waals surface area contributed by atoms with Crippen LogP contribution in [0.25, 0.3) is 0 Å². The summed E-state index contributed by atoms with van der Waals surface area (Å²) in [5.41, 5.74) is 2.19. The highest BCUT2D eigenvalue weighted by Crippen LogP contribution is 2.10. The van der Waals surface area contributed by atoms with Crippen molar-refractivity contribution in [3.8, 4) is 0 Å². The summed E-state index contributed by atoms with van der Waals surface area (Å²) in [6.07, 6.45) is 5.22. The van der Waals surface area contributed by atoms with Crippen molar-refractivity contribution in [1.29, 1.82) is 0 Å². The molecule has 0 saturated heterocycles. The van der Waals surface area contributed by atoms with Crippen molar-refractivity contribution >= 4 is 5.69 Å². The van der Waals surface area contributed by atoms with Gasteiger partial charge in [0.05, 0.1) is 0 Å². The van der Waals surface area contributed by atoms with E-state index in [1.807, 2.05) is 19.2 Å². The Bertz CT molecular complexity index is 230. The molecule has 0 unspecified atom stereocenters. The number of aryl methyl sites for hydroxylation is 1. The summed E-state index contributed by atoms with van der Waals surface area (Å²) >= 11 is 0. The SMILES string of the molecule is C=CNc1ccncc1C. The van der Waals surface area contributed by atoms with E-state index in [4.69, 9.17) is 0 Å². The molecule has 1 rings (SSSR count). The molecule has 0 aliphatic rings. The van der Waals surface area contributed by atoms with Crippen molar-refractivity contribution in [3.05, 3.63) is 36.8 Å². The Morgan fingerprint density at radius 3 is 3.10 bits per heavy atom. The maximum atomic E-state index is 3.95. The van der Waals surface area contributed by atoms with Gasteiger partial charge in [-0.1, -0.05) is 6.58 Å². The van der Waals surface area contributed by atoms with Gasteiger partial charge >= 0.3 is 0 Å². The minimum Gasteiger partial charge on any atom is -0.362 e. The summed E-state index contributed by atoms with van der Waals surface area (Å²) < 4.78 is 0. The molecule has 1 heterocycles. The normalized spacial score (nSPS) is 8.90. The van der Waals surface area contributed by atoms with Crippen molar-refractivity contribution in [2.24, 2.45) is 0 Å². The van der Waals surface area contributed by atoms with E-state index in [0.29, 0.717) is 0 Å². The second kappa shape index (κ2) is 3.01. The number of pyridine rings is 1. The smallest absolute Gasteiger partial charge is 0.0440 e. The molecule has 0 aromatic carbocycles. The fourth-order valence-electron chi connectivity index (χ4n) is 0.745. The highest BCUT2D eigenvalue weighted by atomic mass is 14.8. The molecule has 0 atom stereocenters. The molecular formula is C8H10N2. The summed E-state index contributed by atoms with van der Waals surface area (Å²) in [7, 11) is 0. The van der Waals surface area contributed by atoms with Gasteiger partial charge in [0.15, 0.2) is 0 Å². The summed E-state index contributed by atoms with van der Waals surface area (Å²) in [6.45, 7) is 5.56. The first kappa shape index (κ1) is 6.81. The Labute approximate surface area is 60.6 Å². The topological polar surface area (TPSA) is 24.9 Å². The molecule has 0 aliphatic carbocycles. The molecule has 2 nitrogen and oxygen atoms in total. The fraction of sp³-hybridized carbons (Fsp3) is 0.125. The van der Waals surface area contributed by atoms with Gasteiger partial charge < -0.3 is 5.32 Å². The van der Waals surface area contributed by atoms with E-state index in [1.165, 1.54) is 0 Å². The lowest BCUT2D eigenvalue weighted by Crippen LogP contribution is -1.89. The minimum atomic E-state index is 1.06. The van der Waals surface area contributed by atoms with Crippen LogP contribution in [0, 0.1) is 6.92 Å². The number of hydrogen-bond donors (Lipinski definition) is 1. The molecule has 10 heavy (non-hydrogen) atoms. The number of hydrogen-bond acceptors (Lipinski definition) is 2. The van der Waals surface area contributed by atoms with Crippen molar-refractivity contribution in [3.63, 3.8) is 0 Å². The van der Waals surface area contributed by atoms with Gasteiger partial charge in [-0.15, -0.1) is 0 Å². The van der Waals surface area contributed by atoms with Crippen LogP contribution in [-0.2, 0) is 0 Å². The number of rotatable bonds is 2. The Kier molecular flexibility index (Phi) is 2.05. The number of anilines is 1. The predicted octanol–water partition coefficient (Wildman–Crippen LogP) is 1.95. The molecule has 0 saturated carbocycles. The largest absolute Gasteiger partial charge is 0.362 e. The van der Waals surface area contributed by atoms with E-state index in [1.54, 1.807) is 12.4 Å². The van der Waals surface area contributed by atoms with Crippen LogP contribution in [0.2, 0.25) is 0 Å². The molecule has 0 aliphatic heterocycles. The van der Waals surface area contributed by atoms with Gasteiger partial charge in [0.25, 0.3) is 0 Å². The Balaban J connectivity index is 2.91. The number of aromatic nitrogens is 1. The zero-order valence-electron chi connectivity index (χ0n) is 5.96. The monoisotopic (exact) mass is 134 g/mol. The summed E-state index contributed by atoms with van der Waals surface area (Å²) in [5.74, 6) is 0. The Hall–Kier alpha value is -1.31. The van der Waals surface area contributed by atoms with E-state index in [2.05, 4.69) is 16.9 Å². The van der Waals surface area contributed by atoms with Gasteiger partial charge in [-0.2, -0.15) is 0 Å². The van der Waals surface area contributed by atoms with Crippen LogP contribution >= 0.6 is 0 Å². The molecule has 0 bridgehead atoms. The second-order valence-electron chi connectivity index (χ2n) is 2.04. The molecule has 2 heteroatoms. The van der Waals surface area contributed by atoms with Gasteiger partial charge in [-0.05, 0) is 24.8 Å². The summed E-state index contributed by atoms with van der Waals surface area (Å²) in [5, 5.41) is 3.00. The molecule has 1 aromatic heterocycles. The maximum absolute atomic E-state index is 3.95. The van der Waals surface area contributed by atoms with Gasteiger partial charge in [0.1, 0.15) is 0 Å². The van der Waals surface area contributed by atoms with Crippen molar-refractivity contribution in [1.82, 2.24) is 4.98 Å². The Morgan fingerprint density at radius 1 is 1.70 bits per heavy atom. The first-order valence-electron chi connectivity index (χ1n) is 3.12. The van der Waals surface area contributed by atoms with Crippen molar-refractivity contribution < 1.29 is 0 Å². The van der Waals surface area contributed by atoms with Crippen LogP contribution in [0.15, 0.2) is 31.2 Å². The first-order valence-corrected chi connectivity index (χ1v) is 3.12. The number of nitrogens with zero attached hydrogens (tertiary/aromatic N) is 1. The third kappa shape index (κ3) is 1.35. The van der Waals surface area contributed by atoms with Crippen LogP contribution in [0.5, 0.6) is 0 Å². The van der Waals surface area contributed by atoms with Gasteiger partial charge in [0, 0.05) is 18.1 Å². The molecule has 1 aromatic rings.